The molecule has 2 aromatic rings. The number of carbonyl (C=O) groups is 1. The number of benzene rings is 1. The Balaban J connectivity index is 2.92. The maximum Gasteiger partial charge on any atom is 0.352 e. The third kappa shape index (κ3) is 3.88. The monoisotopic (exact) mass is 384 g/mol. The number of H-pyrrole nitrogens is 1. The average Bonchev–Trinajstić information content (AvgIpc) is 3.04. The second-order valence-corrected chi connectivity index (χ2v) is 5.46. The molecule has 0 saturated carbocycles. The van der Waals surface area contributed by atoms with E-state index in [1.807, 2.05) is 0 Å². The van der Waals surface area contributed by atoms with Gasteiger partial charge in [-0.05, 0) is 22.3 Å². The zero-order chi connectivity index (χ0) is 20.1. The molecule has 2 rings (SSSR count). The van der Waals surface area contributed by atoms with Gasteiger partial charge in [-0.2, -0.15) is 0 Å². The smallest absolute Gasteiger partial charge is 0.352 e. The third-order valence-electron chi connectivity index (χ3n) is 4.09. The molecule has 0 amide bonds. The number of aliphatic imine (C=N–C) groups is 1. The number of aromatic amines is 1. The van der Waals surface area contributed by atoms with Gasteiger partial charge in [0.05, 0.1) is 31.1 Å². The van der Waals surface area contributed by atoms with Crippen molar-refractivity contribution in [3.63, 3.8) is 0 Å². The first-order chi connectivity index (χ1) is 12.9. The second-order valence-electron chi connectivity index (χ2n) is 5.46. The summed E-state index contributed by atoms with van der Waals surface area (Å²) in [5.41, 5.74) is -1.31. The van der Waals surface area contributed by atoms with Gasteiger partial charge in [0.15, 0.2) is 0 Å². The Morgan fingerprint density at radius 1 is 1.11 bits per heavy atom. The van der Waals surface area contributed by atoms with Crippen molar-refractivity contribution in [1.82, 2.24) is 4.98 Å². The van der Waals surface area contributed by atoms with Crippen LogP contribution in [-0.4, -0.2) is 49.4 Å². The van der Waals surface area contributed by atoms with E-state index in [4.69, 9.17) is 5.11 Å². The first-order valence-corrected chi connectivity index (χ1v) is 7.75. The molecule has 8 nitrogen and oxygen atoms in total. The lowest BCUT2D eigenvalue weighted by Gasteiger charge is -2.16. The lowest BCUT2D eigenvalue weighted by Crippen LogP contribution is -2.05. The maximum absolute atomic E-state index is 13.7. The van der Waals surface area contributed by atoms with E-state index in [1.165, 1.54) is 12.1 Å². The van der Waals surface area contributed by atoms with Gasteiger partial charge >= 0.3 is 5.97 Å². The van der Waals surface area contributed by atoms with E-state index in [9.17, 15) is 34.0 Å². The van der Waals surface area contributed by atoms with Gasteiger partial charge in [-0.15, -0.1) is 0 Å². The summed E-state index contributed by atoms with van der Waals surface area (Å²) in [5.74, 6) is -1.62. The van der Waals surface area contributed by atoms with Gasteiger partial charge in [-0.1, -0.05) is 12.1 Å². The van der Waals surface area contributed by atoms with Crippen LogP contribution in [0, 0.1) is 0 Å². The number of nitrogens with one attached hydrogen (secondary N) is 1. The summed E-state index contributed by atoms with van der Waals surface area (Å²) >= 11 is 0. The maximum atomic E-state index is 13.7. The predicted octanol–water partition coefficient (Wildman–Crippen LogP) is 1.16. The van der Waals surface area contributed by atoms with Gasteiger partial charge in [0.25, 0.3) is 6.43 Å². The highest BCUT2D eigenvalue weighted by atomic mass is 19.3. The molecular formula is C17H18F2N2O6. The van der Waals surface area contributed by atoms with E-state index in [1.54, 1.807) is 0 Å². The van der Waals surface area contributed by atoms with Crippen LogP contribution in [0.2, 0.25) is 0 Å². The molecule has 0 bridgehead atoms. The quantitative estimate of drug-likeness (QED) is 0.377. The fourth-order valence-corrected chi connectivity index (χ4v) is 2.94. The zero-order valence-electron chi connectivity index (χ0n) is 14.0. The molecular weight excluding hydrogens is 366 g/mol. The van der Waals surface area contributed by atoms with Crippen molar-refractivity contribution in [3.8, 4) is 11.1 Å². The van der Waals surface area contributed by atoms with Crippen molar-refractivity contribution < 1.29 is 39.1 Å². The summed E-state index contributed by atoms with van der Waals surface area (Å²) in [6.45, 7) is -2.31. The van der Waals surface area contributed by atoms with Crippen molar-refractivity contribution in [3.05, 3.63) is 45.8 Å². The molecule has 1 heterocycles. The molecule has 27 heavy (non-hydrogen) atoms. The number of carboxylic acid groups (broad SMARTS) is 1. The molecule has 0 atom stereocenters. The minimum absolute atomic E-state index is 0.0530. The van der Waals surface area contributed by atoms with Crippen LogP contribution < -0.4 is 0 Å². The molecule has 146 valence electrons. The first kappa shape index (κ1) is 20.6. The predicted molar refractivity (Wildman–Crippen MR) is 90.6 cm³/mol. The Bertz CT molecular complexity index is 864. The summed E-state index contributed by atoms with van der Waals surface area (Å²) < 4.78 is 27.4. The van der Waals surface area contributed by atoms with Crippen LogP contribution >= 0.6 is 0 Å². The van der Waals surface area contributed by atoms with Gasteiger partial charge in [0, 0.05) is 11.8 Å². The van der Waals surface area contributed by atoms with Crippen LogP contribution in [0.1, 0.15) is 44.9 Å². The van der Waals surface area contributed by atoms with Crippen LogP contribution in [0.25, 0.3) is 11.1 Å². The molecule has 0 fully saturated rings. The summed E-state index contributed by atoms with van der Waals surface area (Å²) in [5, 5.41) is 46.8. The van der Waals surface area contributed by atoms with Gasteiger partial charge in [0.2, 0.25) is 0 Å². The molecule has 0 unspecified atom stereocenters. The average molecular weight is 384 g/mol. The molecule has 1 aromatic carbocycles. The first-order valence-electron chi connectivity index (χ1n) is 7.75. The molecule has 10 heteroatoms. The van der Waals surface area contributed by atoms with Crippen LogP contribution in [0.4, 0.5) is 8.78 Å². The lowest BCUT2D eigenvalue weighted by molar-refractivity contribution is 0.0679. The number of hydrogen-bond donors (Lipinski definition) is 6. The Morgan fingerprint density at radius 3 is 2.26 bits per heavy atom. The van der Waals surface area contributed by atoms with E-state index >= 15 is 0 Å². The number of rotatable bonds is 8. The molecule has 0 radical (unpaired) electrons. The van der Waals surface area contributed by atoms with Gasteiger partial charge in [-0.25, -0.2) is 13.6 Å². The van der Waals surface area contributed by atoms with Gasteiger partial charge < -0.3 is 30.5 Å². The van der Waals surface area contributed by atoms with Crippen LogP contribution in [0.15, 0.2) is 17.1 Å². The summed E-state index contributed by atoms with van der Waals surface area (Å²) in [4.78, 5) is 17.3. The number of nitrogens with zero attached hydrogens (tertiary/aromatic N) is 1. The number of alkyl halides is 2. The van der Waals surface area contributed by atoms with E-state index < -0.39 is 50.2 Å². The lowest BCUT2D eigenvalue weighted by atomic mass is 9.90. The molecule has 0 aliphatic heterocycles. The summed E-state index contributed by atoms with van der Waals surface area (Å²) in [7, 11) is 0. The minimum atomic E-state index is -3.17. The fraction of sp³-hybridized carbons (Fsp3) is 0.294. The van der Waals surface area contributed by atoms with Crippen molar-refractivity contribution in [2.24, 2.45) is 4.99 Å². The van der Waals surface area contributed by atoms with Crippen molar-refractivity contribution >= 4 is 12.2 Å². The van der Waals surface area contributed by atoms with Gasteiger partial charge in [-0.3, -0.25) is 4.99 Å². The standard InChI is InChI=1S/C17H18F2N2O6/c18-16(19)14-13(12(3-20-7-25)21-15(14)17(26)27)9-2-1-8(4-22)10(5-23)11(9)6-24/h1-3,16,21-25H,4-7H2,(H,26,27). The number of halogens is 2. The normalized spacial score (nSPS) is 11.7. The van der Waals surface area contributed by atoms with E-state index in [0.717, 1.165) is 6.21 Å². The zero-order valence-corrected chi connectivity index (χ0v) is 14.0. The van der Waals surface area contributed by atoms with E-state index in [0.29, 0.717) is 5.56 Å². The molecule has 0 spiro atoms. The number of aliphatic hydroxyl groups excluding tert-OH is 4. The fourth-order valence-electron chi connectivity index (χ4n) is 2.94. The Hall–Kier alpha value is -2.66. The summed E-state index contributed by atoms with van der Waals surface area (Å²) in [6, 6.07) is 2.73. The second kappa shape index (κ2) is 8.82. The third-order valence-corrected chi connectivity index (χ3v) is 4.09. The SMILES string of the molecule is O=C(O)c1[nH]c(C=NCO)c(-c2ccc(CO)c(CO)c2CO)c1C(F)F. The molecule has 1 aromatic heterocycles. The Morgan fingerprint density at radius 2 is 1.78 bits per heavy atom. The van der Waals surface area contributed by atoms with Crippen molar-refractivity contribution in [2.45, 2.75) is 26.2 Å². The number of carboxylic acids is 1. The highest BCUT2D eigenvalue weighted by Gasteiger charge is 2.30. The van der Waals surface area contributed by atoms with Crippen molar-refractivity contribution in [1.29, 1.82) is 0 Å². The number of aromatic carboxylic acids is 1. The van der Waals surface area contributed by atoms with Gasteiger partial charge in [0.1, 0.15) is 12.4 Å². The molecule has 0 saturated heterocycles. The Kier molecular flexibility index (Phi) is 6.75. The van der Waals surface area contributed by atoms with Crippen LogP contribution in [-0.2, 0) is 19.8 Å². The van der Waals surface area contributed by atoms with Crippen LogP contribution in [0.3, 0.4) is 0 Å². The topological polar surface area (TPSA) is 146 Å². The van der Waals surface area contributed by atoms with E-state index in [-0.39, 0.29) is 27.9 Å². The highest BCUT2D eigenvalue weighted by molar-refractivity contribution is 5.98. The largest absolute Gasteiger partial charge is 0.477 e. The molecule has 0 aliphatic carbocycles. The van der Waals surface area contributed by atoms with Crippen LogP contribution in [0.5, 0.6) is 0 Å². The highest BCUT2D eigenvalue weighted by Crippen LogP contribution is 2.39. The van der Waals surface area contributed by atoms with E-state index in [2.05, 4.69) is 9.98 Å². The summed E-state index contributed by atoms with van der Waals surface area (Å²) in [6.07, 6.45) is -2.16. The molecule has 6 N–H and O–H groups in total. The number of aromatic nitrogens is 1. The van der Waals surface area contributed by atoms with Crippen molar-refractivity contribution in [2.75, 3.05) is 6.73 Å². The minimum Gasteiger partial charge on any atom is -0.477 e. The number of aliphatic hydroxyl groups is 4. The number of hydrogen-bond acceptors (Lipinski definition) is 6. The molecule has 0 aliphatic rings. The Labute approximate surface area is 152 Å².